The van der Waals surface area contributed by atoms with E-state index in [9.17, 15) is 0 Å². The number of rotatable bonds is 8. The van der Waals surface area contributed by atoms with Gasteiger partial charge in [0.05, 0.1) is 33.0 Å². The number of hydrogen-bond donors (Lipinski definition) is 2. The summed E-state index contributed by atoms with van der Waals surface area (Å²) < 4.78 is 16.3. The van der Waals surface area contributed by atoms with E-state index in [1.165, 1.54) is 0 Å². The lowest BCUT2D eigenvalue weighted by atomic mass is 10.2. The number of nitrogens with zero attached hydrogens (tertiary/aromatic N) is 2. The quantitative estimate of drug-likeness (QED) is 0.449. The number of benzene rings is 2. The van der Waals surface area contributed by atoms with E-state index in [4.69, 9.17) is 13.9 Å². The van der Waals surface area contributed by atoms with Gasteiger partial charge in [-0.3, -0.25) is 0 Å². The monoisotopic (exact) mass is 394 g/mol. The fraction of sp³-hybridized carbons (Fsp3) is 0.273. The Morgan fingerprint density at radius 1 is 1.07 bits per heavy atom. The van der Waals surface area contributed by atoms with Gasteiger partial charge in [-0.25, -0.2) is 9.98 Å². The van der Waals surface area contributed by atoms with Gasteiger partial charge in [0.2, 0.25) is 5.89 Å². The number of methoxy groups -OCH3 is 2. The maximum Gasteiger partial charge on any atom is 0.226 e. The van der Waals surface area contributed by atoms with E-state index in [0.29, 0.717) is 24.9 Å². The first kappa shape index (κ1) is 20.3. The van der Waals surface area contributed by atoms with E-state index in [2.05, 4.69) is 20.6 Å². The highest BCUT2D eigenvalue weighted by Crippen LogP contribution is 2.25. The van der Waals surface area contributed by atoms with Crippen molar-refractivity contribution in [3.63, 3.8) is 0 Å². The van der Waals surface area contributed by atoms with Crippen LogP contribution in [0.1, 0.15) is 18.2 Å². The Bertz CT molecular complexity index is 938. The SMILES string of the molecule is CCNC(=NCc1ccc(OC)cc1OC)NCc1coc(-c2ccccc2)n1. The van der Waals surface area contributed by atoms with Gasteiger partial charge in [-0.2, -0.15) is 0 Å². The van der Waals surface area contributed by atoms with Crippen molar-refractivity contribution in [3.8, 4) is 23.0 Å². The minimum atomic E-state index is 0.469. The van der Waals surface area contributed by atoms with Crippen LogP contribution in [0.4, 0.5) is 0 Å². The highest BCUT2D eigenvalue weighted by atomic mass is 16.5. The molecule has 0 saturated heterocycles. The topological polar surface area (TPSA) is 80.9 Å². The lowest BCUT2D eigenvalue weighted by Gasteiger charge is -2.12. The average Bonchev–Trinajstić information content (AvgIpc) is 3.25. The van der Waals surface area contributed by atoms with Crippen molar-refractivity contribution in [2.75, 3.05) is 20.8 Å². The van der Waals surface area contributed by atoms with Crippen LogP contribution in [0.2, 0.25) is 0 Å². The lowest BCUT2D eigenvalue weighted by molar-refractivity contribution is 0.391. The molecule has 0 fully saturated rings. The van der Waals surface area contributed by atoms with Gasteiger partial charge in [0, 0.05) is 23.7 Å². The van der Waals surface area contributed by atoms with Crippen LogP contribution in [-0.4, -0.2) is 31.7 Å². The van der Waals surface area contributed by atoms with Crippen LogP contribution in [0, 0.1) is 0 Å². The molecule has 1 aromatic heterocycles. The van der Waals surface area contributed by atoms with Gasteiger partial charge in [-0.15, -0.1) is 0 Å². The zero-order valence-electron chi connectivity index (χ0n) is 16.9. The Labute approximate surface area is 170 Å². The summed E-state index contributed by atoms with van der Waals surface area (Å²) in [5.41, 5.74) is 2.72. The average molecular weight is 394 g/mol. The third-order valence-corrected chi connectivity index (χ3v) is 4.26. The van der Waals surface area contributed by atoms with E-state index < -0.39 is 0 Å². The summed E-state index contributed by atoms with van der Waals surface area (Å²) in [6.07, 6.45) is 1.66. The third-order valence-electron chi connectivity index (χ3n) is 4.26. The van der Waals surface area contributed by atoms with Gasteiger partial charge < -0.3 is 24.5 Å². The minimum Gasteiger partial charge on any atom is -0.497 e. The number of hydrogen-bond acceptors (Lipinski definition) is 5. The van der Waals surface area contributed by atoms with Crippen LogP contribution in [0.5, 0.6) is 11.5 Å². The number of ether oxygens (including phenoxy) is 2. The predicted molar refractivity (Wildman–Crippen MR) is 113 cm³/mol. The Morgan fingerprint density at radius 2 is 1.90 bits per heavy atom. The van der Waals surface area contributed by atoms with Gasteiger partial charge in [-0.1, -0.05) is 18.2 Å². The first-order valence-corrected chi connectivity index (χ1v) is 9.46. The predicted octanol–water partition coefficient (Wildman–Crippen LogP) is 3.61. The van der Waals surface area contributed by atoms with E-state index in [1.54, 1.807) is 20.5 Å². The molecule has 152 valence electrons. The van der Waals surface area contributed by atoms with Gasteiger partial charge in [0.1, 0.15) is 17.8 Å². The zero-order valence-corrected chi connectivity index (χ0v) is 16.9. The fourth-order valence-corrected chi connectivity index (χ4v) is 2.76. The molecule has 7 heteroatoms. The van der Waals surface area contributed by atoms with Gasteiger partial charge in [0.25, 0.3) is 0 Å². The van der Waals surface area contributed by atoms with Crippen molar-refractivity contribution in [1.29, 1.82) is 0 Å². The molecule has 2 aromatic carbocycles. The van der Waals surface area contributed by atoms with Crippen molar-refractivity contribution >= 4 is 5.96 Å². The van der Waals surface area contributed by atoms with Crippen molar-refractivity contribution in [2.45, 2.75) is 20.0 Å². The fourth-order valence-electron chi connectivity index (χ4n) is 2.76. The van der Waals surface area contributed by atoms with Crippen molar-refractivity contribution in [1.82, 2.24) is 15.6 Å². The molecule has 2 N–H and O–H groups in total. The molecule has 0 aliphatic heterocycles. The number of oxazole rings is 1. The summed E-state index contributed by atoms with van der Waals surface area (Å²) in [6.45, 7) is 3.74. The van der Waals surface area contributed by atoms with Crippen LogP contribution in [-0.2, 0) is 13.1 Å². The smallest absolute Gasteiger partial charge is 0.226 e. The van der Waals surface area contributed by atoms with Crippen LogP contribution in [0.25, 0.3) is 11.5 Å². The second kappa shape index (κ2) is 10.2. The van der Waals surface area contributed by atoms with E-state index >= 15 is 0 Å². The van der Waals surface area contributed by atoms with Crippen molar-refractivity contribution < 1.29 is 13.9 Å². The second-order valence-electron chi connectivity index (χ2n) is 6.24. The first-order valence-electron chi connectivity index (χ1n) is 9.46. The molecule has 0 atom stereocenters. The molecule has 7 nitrogen and oxygen atoms in total. The second-order valence-corrected chi connectivity index (χ2v) is 6.24. The molecular weight excluding hydrogens is 368 g/mol. The molecular formula is C22H26N4O3. The van der Waals surface area contributed by atoms with Crippen molar-refractivity contribution in [3.05, 3.63) is 66.1 Å². The molecule has 3 aromatic rings. The zero-order chi connectivity index (χ0) is 20.5. The Balaban J connectivity index is 1.65. The van der Waals surface area contributed by atoms with Crippen LogP contribution < -0.4 is 20.1 Å². The molecule has 0 bridgehead atoms. The molecule has 0 saturated carbocycles. The molecule has 3 rings (SSSR count). The van der Waals surface area contributed by atoms with Crippen molar-refractivity contribution in [2.24, 2.45) is 4.99 Å². The molecule has 0 amide bonds. The molecule has 0 aliphatic carbocycles. The largest absolute Gasteiger partial charge is 0.497 e. The summed E-state index contributed by atoms with van der Waals surface area (Å²) in [5.74, 6) is 2.79. The summed E-state index contributed by atoms with van der Waals surface area (Å²) in [4.78, 5) is 9.17. The molecule has 0 unspecified atom stereocenters. The molecule has 29 heavy (non-hydrogen) atoms. The van der Waals surface area contributed by atoms with Crippen LogP contribution in [0.3, 0.4) is 0 Å². The standard InChI is InChI=1S/C22H26N4O3/c1-4-23-22(24-13-17-10-11-19(27-2)12-20(17)28-3)25-14-18-15-29-21(26-18)16-8-6-5-7-9-16/h5-12,15H,4,13-14H2,1-3H3,(H2,23,24,25). The van der Waals surface area contributed by atoms with Crippen LogP contribution >= 0.6 is 0 Å². The maximum atomic E-state index is 5.58. The molecule has 0 aliphatic rings. The molecule has 0 radical (unpaired) electrons. The third kappa shape index (κ3) is 5.51. The maximum absolute atomic E-state index is 5.58. The minimum absolute atomic E-state index is 0.469. The van der Waals surface area contributed by atoms with E-state index in [0.717, 1.165) is 34.9 Å². The highest BCUT2D eigenvalue weighted by molar-refractivity contribution is 5.79. The number of nitrogens with one attached hydrogen (secondary N) is 2. The Kier molecular flexibility index (Phi) is 7.10. The van der Waals surface area contributed by atoms with E-state index in [-0.39, 0.29) is 0 Å². The molecule has 1 heterocycles. The van der Waals surface area contributed by atoms with Gasteiger partial charge in [-0.05, 0) is 31.2 Å². The summed E-state index contributed by atoms with van der Waals surface area (Å²) in [6, 6.07) is 15.5. The van der Waals surface area contributed by atoms with Crippen LogP contribution in [0.15, 0.2) is 64.2 Å². The number of guanidine groups is 1. The van der Waals surface area contributed by atoms with Gasteiger partial charge >= 0.3 is 0 Å². The summed E-state index contributed by atoms with van der Waals surface area (Å²) in [5, 5.41) is 6.52. The highest BCUT2D eigenvalue weighted by Gasteiger charge is 2.08. The van der Waals surface area contributed by atoms with Gasteiger partial charge in [0.15, 0.2) is 5.96 Å². The Hall–Kier alpha value is -3.48. The number of aliphatic imine (C=N–C) groups is 1. The molecule has 0 spiro atoms. The first-order chi connectivity index (χ1) is 14.2. The summed E-state index contributed by atoms with van der Waals surface area (Å²) >= 11 is 0. The number of aromatic nitrogens is 1. The van der Waals surface area contributed by atoms with E-state index in [1.807, 2.05) is 55.5 Å². The lowest BCUT2D eigenvalue weighted by Crippen LogP contribution is -2.36. The normalized spacial score (nSPS) is 11.2. The summed E-state index contributed by atoms with van der Waals surface area (Å²) in [7, 11) is 3.27. The Morgan fingerprint density at radius 3 is 2.62 bits per heavy atom.